The van der Waals surface area contributed by atoms with Crippen LogP contribution < -0.4 is 19.7 Å². The van der Waals surface area contributed by atoms with Crippen molar-refractivity contribution in [1.82, 2.24) is 5.32 Å². The van der Waals surface area contributed by atoms with E-state index in [1.807, 2.05) is 19.1 Å². The van der Waals surface area contributed by atoms with Gasteiger partial charge in [0, 0.05) is 5.56 Å². The van der Waals surface area contributed by atoms with Gasteiger partial charge in [0.2, 0.25) is 0 Å². The largest absolute Gasteiger partial charge is 0.573 e. The fourth-order valence-corrected chi connectivity index (χ4v) is 2.99. The number of rotatable bonds is 4. The summed E-state index contributed by atoms with van der Waals surface area (Å²) in [5.74, 6) is -0.231. The van der Waals surface area contributed by atoms with Crippen LogP contribution in [0.3, 0.4) is 0 Å². The number of alkyl halides is 3. The number of hydrogen-bond acceptors (Lipinski definition) is 4. The minimum absolute atomic E-state index is 0.118. The van der Waals surface area contributed by atoms with Gasteiger partial charge in [-0.2, -0.15) is 0 Å². The first-order valence-electron chi connectivity index (χ1n) is 8.05. The second kappa shape index (κ2) is 7.51. The normalized spacial score (nSPS) is 15.8. The number of benzene rings is 2. The van der Waals surface area contributed by atoms with Crippen LogP contribution in [-0.4, -0.2) is 24.5 Å². The van der Waals surface area contributed by atoms with Crippen LogP contribution in [0.1, 0.15) is 11.1 Å². The maximum atomic E-state index is 12.8. The van der Waals surface area contributed by atoms with Gasteiger partial charge in [-0.3, -0.25) is 9.69 Å². The summed E-state index contributed by atoms with van der Waals surface area (Å²) in [5.41, 5.74) is 2.22. The molecule has 0 radical (unpaired) electrons. The average molecular weight is 408 g/mol. The smallest absolute Gasteiger partial charge is 0.496 e. The SMILES string of the molecule is COc1ccc(C)cc1/C=C1/NC(=S)N(c2ccc(OC(F)(F)F)cc2)C1=O. The van der Waals surface area contributed by atoms with E-state index in [0.717, 1.165) is 17.7 Å². The highest BCUT2D eigenvalue weighted by Gasteiger charge is 2.33. The molecule has 1 amide bonds. The summed E-state index contributed by atoms with van der Waals surface area (Å²) in [7, 11) is 1.53. The van der Waals surface area contributed by atoms with Gasteiger partial charge in [0.1, 0.15) is 17.2 Å². The number of ether oxygens (including phenoxy) is 2. The summed E-state index contributed by atoms with van der Waals surface area (Å²) in [6.45, 7) is 1.91. The zero-order valence-corrected chi connectivity index (χ0v) is 15.6. The second-order valence-corrected chi connectivity index (χ2v) is 6.30. The monoisotopic (exact) mass is 408 g/mol. The van der Waals surface area contributed by atoms with Crippen LogP contribution in [0.4, 0.5) is 18.9 Å². The minimum atomic E-state index is -4.79. The molecular weight excluding hydrogens is 393 g/mol. The van der Waals surface area contributed by atoms with E-state index in [4.69, 9.17) is 17.0 Å². The van der Waals surface area contributed by atoms with Crippen LogP contribution in [0.25, 0.3) is 6.08 Å². The maximum Gasteiger partial charge on any atom is 0.573 e. The number of hydrogen-bond donors (Lipinski definition) is 1. The molecule has 1 N–H and O–H groups in total. The molecule has 2 aromatic rings. The van der Waals surface area contributed by atoms with E-state index in [1.165, 1.54) is 24.1 Å². The van der Waals surface area contributed by atoms with Crippen molar-refractivity contribution in [1.29, 1.82) is 0 Å². The molecule has 1 aliphatic rings. The number of thiocarbonyl (C=S) groups is 1. The highest BCUT2D eigenvalue weighted by Crippen LogP contribution is 2.29. The molecule has 0 atom stereocenters. The Bertz CT molecular complexity index is 956. The molecule has 1 heterocycles. The summed E-state index contributed by atoms with van der Waals surface area (Å²) < 4.78 is 46.0. The first-order valence-corrected chi connectivity index (χ1v) is 8.46. The van der Waals surface area contributed by atoms with E-state index in [0.29, 0.717) is 17.0 Å². The van der Waals surface area contributed by atoms with Crippen molar-refractivity contribution in [3.8, 4) is 11.5 Å². The number of carbonyl (C=O) groups excluding carboxylic acids is 1. The van der Waals surface area contributed by atoms with Crippen LogP contribution >= 0.6 is 12.2 Å². The molecule has 28 heavy (non-hydrogen) atoms. The summed E-state index contributed by atoms with van der Waals surface area (Å²) in [5, 5.41) is 2.94. The third-order valence-corrected chi connectivity index (χ3v) is 4.18. The molecule has 1 saturated heterocycles. The van der Waals surface area contributed by atoms with Crippen LogP contribution in [0.15, 0.2) is 48.2 Å². The summed E-state index contributed by atoms with van der Waals surface area (Å²) in [6.07, 6.45) is -3.17. The molecule has 3 rings (SSSR count). The van der Waals surface area contributed by atoms with Gasteiger partial charge >= 0.3 is 6.36 Å². The maximum absolute atomic E-state index is 12.8. The predicted octanol–water partition coefficient (Wildman–Crippen LogP) is 4.16. The standard InChI is InChI=1S/C19H15F3N2O3S/c1-11-3-8-16(26-2)12(9-11)10-15-17(25)24(18(28)23-15)13-4-6-14(7-5-13)27-19(20,21)22/h3-10H,1-2H3,(H,23,28)/b15-10+. The molecule has 5 nitrogen and oxygen atoms in total. The third-order valence-electron chi connectivity index (χ3n) is 3.89. The predicted molar refractivity (Wildman–Crippen MR) is 102 cm³/mol. The molecule has 0 aliphatic carbocycles. The van der Waals surface area contributed by atoms with Gasteiger partial charge in [-0.15, -0.1) is 13.2 Å². The minimum Gasteiger partial charge on any atom is -0.496 e. The zero-order chi connectivity index (χ0) is 20.5. The van der Waals surface area contributed by atoms with Gasteiger partial charge in [0.05, 0.1) is 12.8 Å². The number of amides is 1. The van der Waals surface area contributed by atoms with E-state index in [-0.39, 0.29) is 16.6 Å². The van der Waals surface area contributed by atoms with Crippen LogP contribution in [0, 0.1) is 6.92 Å². The highest BCUT2D eigenvalue weighted by atomic mass is 32.1. The molecule has 0 unspecified atom stereocenters. The van der Waals surface area contributed by atoms with Gasteiger partial charge in [-0.1, -0.05) is 11.6 Å². The second-order valence-electron chi connectivity index (χ2n) is 5.92. The average Bonchev–Trinajstić information content (AvgIpc) is 2.88. The topological polar surface area (TPSA) is 50.8 Å². The van der Waals surface area contributed by atoms with Crippen molar-refractivity contribution in [2.45, 2.75) is 13.3 Å². The summed E-state index contributed by atoms with van der Waals surface area (Å²) in [6, 6.07) is 10.4. The van der Waals surface area contributed by atoms with Gasteiger partial charge < -0.3 is 14.8 Å². The number of aryl methyl sites for hydroxylation is 1. The Kier molecular flexibility index (Phi) is 5.28. The van der Waals surface area contributed by atoms with E-state index < -0.39 is 12.3 Å². The van der Waals surface area contributed by atoms with Gasteiger partial charge in [0.25, 0.3) is 5.91 Å². The molecule has 1 aliphatic heterocycles. The van der Waals surface area contributed by atoms with Crippen LogP contribution in [0.2, 0.25) is 0 Å². The molecule has 2 aromatic carbocycles. The summed E-state index contributed by atoms with van der Waals surface area (Å²) >= 11 is 5.21. The Labute approximate surface area is 164 Å². The number of halogens is 3. The molecular formula is C19H15F3N2O3S. The van der Waals surface area contributed by atoms with Crippen molar-refractivity contribution in [2.24, 2.45) is 0 Å². The Balaban J connectivity index is 1.87. The Morgan fingerprint density at radius 2 is 1.82 bits per heavy atom. The first-order chi connectivity index (χ1) is 13.2. The lowest BCUT2D eigenvalue weighted by Crippen LogP contribution is -2.30. The Morgan fingerprint density at radius 1 is 1.14 bits per heavy atom. The van der Waals surface area contributed by atoms with E-state index in [2.05, 4.69) is 10.1 Å². The van der Waals surface area contributed by atoms with E-state index in [9.17, 15) is 18.0 Å². The van der Waals surface area contributed by atoms with Crippen molar-refractivity contribution in [3.63, 3.8) is 0 Å². The fraction of sp³-hybridized carbons (Fsp3) is 0.158. The van der Waals surface area contributed by atoms with Crippen molar-refractivity contribution in [2.75, 3.05) is 12.0 Å². The molecule has 1 fully saturated rings. The van der Waals surface area contributed by atoms with Crippen molar-refractivity contribution >= 4 is 35.0 Å². The van der Waals surface area contributed by atoms with Gasteiger partial charge in [-0.25, -0.2) is 0 Å². The number of anilines is 1. The quantitative estimate of drug-likeness (QED) is 0.608. The molecule has 9 heteroatoms. The van der Waals surface area contributed by atoms with Crippen molar-refractivity contribution < 1.29 is 27.4 Å². The molecule has 0 saturated carbocycles. The van der Waals surface area contributed by atoms with E-state index >= 15 is 0 Å². The van der Waals surface area contributed by atoms with Crippen LogP contribution in [0.5, 0.6) is 11.5 Å². The van der Waals surface area contributed by atoms with E-state index in [1.54, 1.807) is 12.1 Å². The lowest BCUT2D eigenvalue weighted by Gasteiger charge is -2.15. The number of nitrogens with one attached hydrogen (secondary N) is 1. The molecule has 0 aromatic heterocycles. The highest BCUT2D eigenvalue weighted by molar-refractivity contribution is 7.80. The van der Waals surface area contributed by atoms with Gasteiger partial charge in [0.15, 0.2) is 5.11 Å². The first kappa shape index (κ1) is 19.7. The van der Waals surface area contributed by atoms with Gasteiger partial charge in [-0.05, 0) is 61.6 Å². The van der Waals surface area contributed by atoms with Crippen LogP contribution in [-0.2, 0) is 4.79 Å². The molecule has 0 bridgehead atoms. The number of nitrogens with zero attached hydrogens (tertiary/aromatic N) is 1. The van der Waals surface area contributed by atoms with Crippen molar-refractivity contribution in [3.05, 3.63) is 59.3 Å². The third kappa shape index (κ3) is 4.25. The Morgan fingerprint density at radius 3 is 2.43 bits per heavy atom. The number of carbonyl (C=O) groups is 1. The fourth-order valence-electron chi connectivity index (χ4n) is 2.69. The zero-order valence-electron chi connectivity index (χ0n) is 14.8. The number of methoxy groups -OCH3 is 1. The Hall–Kier alpha value is -3.07. The lowest BCUT2D eigenvalue weighted by molar-refractivity contribution is -0.274. The molecule has 0 spiro atoms. The molecule has 146 valence electrons. The lowest BCUT2D eigenvalue weighted by atomic mass is 10.1. The summed E-state index contributed by atoms with van der Waals surface area (Å²) in [4.78, 5) is 14.0.